The van der Waals surface area contributed by atoms with Crippen molar-refractivity contribution in [1.82, 2.24) is 15.1 Å². The van der Waals surface area contributed by atoms with Crippen LogP contribution in [0.25, 0.3) is 0 Å². The van der Waals surface area contributed by atoms with Crippen LogP contribution in [0.15, 0.2) is 24.3 Å². The zero-order chi connectivity index (χ0) is 15.1. The summed E-state index contributed by atoms with van der Waals surface area (Å²) < 4.78 is 5.25. The minimum atomic E-state index is -0.0535. The highest BCUT2D eigenvalue weighted by atomic mass is 16.5. The summed E-state index contributed by atoms with van der Waals surface area (Å²) in [7, 11) is 7.44. The van der Waals surface area contributed by atoms with Gasteiger partial charge in [-0.25, -0.2) is 4.79 Å². The van der Waals surface area contributed by atoms with Gasteiger partial charge in [-0.2, -0.15) is 0 Å². The summed E-state index contributed by atoms with van der Waals surface area (Å²) in [6.07, 6.45) is 0. The van der Waals surface area contributed by atoms with Crippen molar-refractivity contribution in [3.8, 4) is 5.75 Å². The fourth-order valence-corrected chi connectivity index (χ4v) is 1.91. The van der Waals surface area contributed by atoms with Gasteiger partial charge in [-0.05, 0) is 38.7 Å². The number of rotatable bonds is 6. The van der Waals surface area contributed by atoms with Crippen molar-refractivity contribution in [2.24, 2.45) is 0 Å². The van der Waals surface area contributed by atoms with E-state index in [1.54, 1.807) is 19.1 Å². The zero-order valence-electron chi connectivity index (χ0n) is 13.0. The fraction of sp³-hybridized carbons (Fsp3) is 0.533. The number of hydrogen-bond donors (Lipinski definition) is 1. The van der Waals surface area contributed by atoms with Crippen LogP contribution >= 0.6 is 0 Å². The summed E-state index contributed by atoms with van der Waals surface area (Å²) in [6.45, 7) is 3.20. The number of hydrogen-bond acceptors (Lipinski definition) is 3. The largest absolute Gasteiger partial charge is 0.497 e. The Bertz CT molecular complexity index is 435. The topological polar surface area (TPSA) is 44.8 Å². The van der Waals surface area contributed by atoms with Gasteiger partial charge in [-0.15, -0.1) is 0 Å². The van der Waals surface area contributed by atoms with Gasteiger partial charge in [-0.3, -0.25) is 0 Å². The van der Waals surface area contributed by atoms with Crippen LogP contribution in [0.4, 0.5) is 4.79 Å². The van der Waals surface area contributed by atoms with Crippen LogP contribution in [0.2, 0.25) is 0 Å². The van der Waals surface area contributed by atoms with Crippen molar-refractivity contribution in [3.63, 3.8) is 0 Å². The molecule has 0 saturated heterocycles. The van der Waals surface area contributed by atoms with E-state index in [0.29, 0.717) is 13.1 Å². The lowest BCUT2D eigenvalue weighted by Gasteiger charge is -2.26. The molecule has 1 aromatic carbocycles. The molecule has 5 heteroatoms. The van der Waals surface area contributed by atoms with Crippen LogP contribution in [-0.4, -0.2) is 57.2 Å². The van der Waals surface area contributed by atoms with Crippen LogP contribution in [0.5, 0.6) is 5.75 Å². The van der Waals surface area contributed by atoms with Crippen molar-refractivity contribution in [2.75, 3.05) is 41.3 Å². The Hall–Kier alpha value is -1.75. The maximum absolute atomic E-state index is 11.8. The van der Waals surface area contributed by atoms with Gasteiger partial charge in [0.05, 0.1) is 13.2 Å². The highest BCUT2D eigenvalue weighted by Crippen LogP contribution is 2.22. The molecule has 0 radical (unpaired) electrons. The Morgan fingerprint density at radius 3 is 2.60 bits per heavy atom. The van der Waals surface area contributed by atoms with E-state index in [1.165, 1.54) is 0 Å². The molecule has 5 nitrogen and oxygen atoms in total. The molecule has 0 heterocycles. The molecule has 0 aromatic heterocycles. The monoisotopic (exact) mass is 279 g/mol. The summed E-state index contributed by atoms with van der Waals surface area (Å²) in [5.41, 5.74) is 1.12. The molecule has 1 unspecified atom stereocenters. The number of nitrogens with one attached hydrogen (secondary N) is 1. The van der Waals surface area contributed by atoms with Gasteiger partial charge in [0.25, 0.3) is 0 Å². The van der Waals surface area contributed by atoms with Gasteiger partial charge in [0, 0.05) is 20.1 Å². The fourth-order valence-electron chi connectivity index (χ4n) is 1.91. The van der Waals surface area contributed by atoms with Crippen LogP contribution in [0.1, 0.15) is 18.5 Å². The zero-order valence-corrected chi connectivity index (χ0v) is 13.0. The Labute approximate surface area is 121 Å². The Balaban J connectivity index is 2.76. The lowest BCUT2D eigenvalue weighted by molar-refractivity contribution is 0.204. The number of ether oxygens (including phenoxy) is 1. The molecule has 1 N–H and O–H groups in total. The lowest BCUT2D eigenvalue weighted by Crippen LogP contribution is -2.41. The first-order valence-electron chi connectivity index (χ1n) is 6.79. The number of amides is 2. The molecule has 1 rings (SSSR count). The highest BCUT2D eigenvalue weighted by molar-refractivity contribution is 5.73. The second-order valence-corrected chi connectivity index (χ2v) is 4.96. The van der Waals surface area contributed by atoms with Gasteiger partial charge in [0.2, 0.25) is 0 Å². The van der Waals surface area contributed by atoms with Crippen molar-refractivity contribution in [1.29, 1.82) is 0 Å². The van der Waals surface area contributed by atoms with E-state index in [4.69, 9.17) is 4.74 Å². The summed E-state index contributed by atoms with van der Waals surface area (Å²) >= 11 is 0. The van der Waals surface area contributed by atoms with Gasteiger partial charge in [-0.1, -0.05) is 12.1 Å². The van der Waals surface area contributed by atoms with E-state index in [0.717, 1.165) is 11.3 Å². The third-order valence-corrected chi connectivity index (χ3v) is 3.37. The van der Waals surface area contributed by atoms with Gasteiger partial charge in [0.15, 0.2) is 0 Å². The Kier molecular flexibility index (Phi) is 6.31. The normalized spacial score (nSPS) is 12.1. The standard InChI is InChI=1S/C15H25N3O2/c1-6-18(4)15(19)16-11-14(17(2)3)12-8-7-9-13(10-12)20-5/h7-10,14H,6,11H2,1-5H3,(H,16,19). The Morgan fingerprint density at radius 2 is 2.05 bits per heavy atom. The van der Waals surface area contributed by atoms with Crippen molar-refractivity contribution < 1.29 is 9.53 Å². The molecule has 1 aromatic rings. The molecule has 0 spiro atoms. The third kappa shape index (κ3) is 4.42. The SMILES string of the molecule is CCN(C)C(=O)NCC(c1cccc(OC)c1)N(C)C. The van der Waals surface area contributed by atoms with E-state index in [9.17, 15) is 4.79 Å². The van der Waals surface area contributed by atoms with Crippen molar-refractivity contribution >= 4 is 6.03 Å². The molecule has 20 heavy (non-hydrogen) atoms. The molecule has 112 valence electrons. The first kappa shape index (κ1) is 16.3. The predicted octanol–water partition coefficient (Wildman–Crippen LogP) is 1.96. The number of nitrogens with zero attached hydrogens (tertiary/aromatic N) is 2. The lowest BCUT2D eigenvalue weighted by atomic mass is 10.1. The highest BCUT2D eigenvalue weighted by Gasteiger charge is 2.16. The van der Waals surface area contributed by atoms with Crippen molar-refractivity contribution in [3.05, 3.63) is 29.8 Å². The quantitative estimate of drug-likeness (QED) is 0.866. The minimum Gasteiger partial charge on any atom is -0.497 e. The maximum Gasteiger partial charge on any atom is 0.317 e. The molecule has 0 aliphatic heterocycles. The van der Waals surface area contributed by atoms with Crippen LogP contribution in [0, 0.1) is 0 Å². The van der Waals surface area contributed by atoms with Crippen molar-refractivity contribution in [2.45, 2.75) is 13.0 Å². The minimum absolute atomic E-state index is 0.0535. The molecular weight excluding hydrogens is 254 g/mol. The molecule has 0 aliphatic rings. The van der Waals surface area contributed by atoms with Crippen LogP contribution in [0.3, 0.4) is 0 Å². The van der Waals surface area contributed by atoms with Crippen LogP contribution < -0.4 is 10.1 Å². The summed E-state index contributed by atoms with van der Waals surface area (Å²) in [5, 5.41) is 2.96. The first-order chi connectivity index (χ1) is 9.49. The number of urea groups is 1. The molecule has 2 amide bonds. The molecular formula is C15H25N3O2. The Morgan fingerprint density at radius 1 is 1.35 bits per heavy atom. The predicted molar refractivity (Wildman–Crippen MR) is 81.1 cm³/mol. The molecule has 0 fully saturated rings. The second kappa shape index (κ2) is 7.75. The van der Waals surface area contributed by atoms with Gasteiger partial charge < -0.3 is 19.9 Å². The maximum atomic E-state index is 11.8. The number of likely N-dealkylation sites (N-methyl/N-ethyl adjacent to an activating group) is 1. The number of carbonyl (C=O) groups is 1. The number of benzene rings is 1. The molecule has 0 bridgehead atoms. The first-order valence-corrected chi connectivity index (χ1v) is 6.79. The van der Waals surface area contributed by atoms with E-state index in [-0.39, 0.29) is 12.1 Å². The summed E-state index contributed by atoms with van der Waals surface area (Å²) in [5.74, 6) is 0.825. The number of methoxy groups -OCH3 is 1. The van der Waals surface area contributed by atoms with Crippen LogP contribution in [-0.2, 0) is 0 Å². The van der Waals surface area contributed by atoms with Gasteiger partial charge in [0.1, 0.15) is 5.75 Å². The summed E-state index contributed by atoms with van der Waals surface area (Å²) in [6, 6.07) is 7.98. The van der Waals surface area contributed by atoms with E-state index in [1.807, 2.05) is 45.3 Å². The number of carbonyl (C=O) groups excluding carboxylic acids is 1. The molecule has 0 aliphatic carbocycles. The average molecular weight is 279 g/mol. The molecule has 1 atom stereocenters. The van der Waals surface area contributed by atoms with E-state index < -0.39 is 0 Å². The summed E-state index contributed by atoms with van der Waals surface area (Å²) in [4.78, 5) is 15.6. The van der Waals surface area contributed by atoms with E-state index >= 15 is 0 Å². The van der Waals surface area contributed by atoms with Gasteiger partial charge >= 0.3 is 6.03 Å². The average Bonchev–Trinajstić information content (AvgIpc) is 2.46. The smallest absolute Gasteiger partial charge is 0.317 e. The molecule has 0 saturated carbocycles. The van der Waals surface area contributed by atoms with E-state index in [2.05, 4.69) is 10.2 Å². The third-order valence-electron chi connectivity index (χ3n) is 3.37. The second-order valence-electron chi connectivity index (χ2n) is 4.96.